The van der Waals surface area contributed by atoms with Crippen LogP contribution in [0.5, 0.6) is 5.75 Å². The van der Waals surface area contributed by atoms with Gasteiger partial charge in [0.25, 0.3) is 5.91 Å². The minimum Gasteiger partial charge on any atom is -0.497 e. The SMILES string of the molecule is COc1ccc(Cc2nnc(NC(=O)C(=Cc3ccccc3)c3ccccc3)s2)cc1. The number of carbonyl (C=O) groups excluding carboxylic acids is 1. The van der Waals surface area contributed by atoms with Crippen molar-refractivity contribution < 1.29 is 9.53 Å². The van der Waals surface area contributed by atoms with Gasteiger partial charge in [0.15, 0.2) is 0 Å². The highest BCUT2D eigenvalue weighted by molar-refractivity contribution is 7.15. The molecule has 1 aromatic heterocycles. The van der Waals surface area contributed by atoms with Crippen molar-refractivity contribution in [1.29, 1.82) is 0 Å². The highest BCUT2D eigenvalue weighted by atomic mass is 32.1. The first-order valence-electron chi connectivity index (χ1n) is 9.80. The molecule has 1 amide bonds. The van der Waals surface area contributed by atoms with E-state index in [0.717, 1.165) is 27.4 Å². The molecule has 0 unspecified atom stereocenters. The number of methoxy groups -OCH3 is 1. The first-order valence-corrected chi connectivity index (χ1v) is 10.6. The Hall–Kier alpha value is -3.77. The average Bonchev–Trinajstić information content (AvgIpc) is 3.25. The highest BCUT2D eigenvalue weighted by Gasteiger charge is 2.15. The molecule has 0 aliphatic heterocycles. The van der Waals surface area contributed by atoms with Crippen LogP contribution in [0.2, 0.25) is 0 Å². The molecule has 0 radical (unpaired) electrons. The average molecular weight is 428 g/mol. The molecule has 31 heavy (non-hydrogen) atoms. The van der Waals surface area contributed by atoms with Gasteiger partial charge in [-0.3, -0.25) is 10.1 Å². The number of amides is 1. The molecule has 0 bridgehead atoms. The van der Waals surface area contributed by atoms with E-state index in [2.05, 4.69) is 15.5 Å². The summed E-state index contributed by atoms with van der Waals surface area (Å²) in [5.74, 6) is 0.592. The van der Waals surface area contributed by atoms with E-state index in [1.165, 1.54) is 11.3 Å². The van der Waals surface area contributed by atoms with Crippen molar-refractivity contribution in [2.45, 2.75) is 6.42 Å². The zero-order valence-electron chi connectivity index (χ0n) is 17.0. The Labute approximate surface area is 185 Å². The third kappa shape index (κ3) is 5.43. The maximum absolute atomic E-state index is 13.1. The van der Waals surface area contributed by atoms with Crippen molar-refractivity contribution in [2.24, 2.45) is 0 Å². The molecule has 0 spiro atoms. The van der Waals surface area contributed by atoms with Gasteiger partial charge in [0.2, 0.25) is 5.13 Å². The van der Waals surface area contributed by atoms with Crippen molar-refractivity contribution in [2.75, 3.05) is 12.4 Å². The summed E-state index contributed by atoms with van der Waals surface area (Å²) in [6.45, 7) is 0. The number of nitrogens with one attached hydrogen (secondary N) is 1. The quantitative estimate of drug-likeness (QED) is 0.320. The number of nitrogens with zero attached hydrogens (tertiary/aromatic N) is 2. The molecule has 0 saturated carbocycles. The number of anilines is 1. The van der Waals surface area contributed by atoms with Gasteiger partial charge < -0.3 is 4.74 Å². The van der Waals surface area contributed by atoms with Crippen LogP contribution in [0.4, 0.5) is 5.13 Å². The summed E-state index contributed by atoms with van der Waals surface area (Å²) in [4.78, 5) is 13.1. The Morgan fingerprint density at radius 2 is 1.61 bits per heavy atom. The van der Waals surface area contributed by atoms with E-state index in [1.54, 1.807) is 7.11 Å². The Kier molecular flexibility index (Phi) is 6.50. The smallest absolute Gasteiger partial charge is 0.258 e. The molecule has 6 heteroatoms. The number of ether oxygens (including phenoxy) is 1. The van der Waals surface area contributed by atoms with Crippen LogP contribution >= 0.6 is 11.3 Å². The summed E-state index contributed by atoms with van der Waals surface area (Å²) < 4.78 is 5.19. The Morgan fingerprint density at radius 1 is 0.935 bits per heavy atom. The van der Waals surface area contributed by atoms with E-state index in [1.807, 2.05) is 91.0 Å². The van der Waals surface area contributed by atoms with Crippen molar-refractivity contribution in [3.8, 4) is 5.75 Å². The van der Waals surface area contributed by atoms with Gasteiger partial charge in [-0.15, -0.1) is 10.2 Å². The Bertz CT molecular complexity index is 1170. The van der Waals surface area contributed by atoms with Crippen LogP contribution in [0.1, 0.15) is 21.7 Å². The number of hydrogen-bond acceptors (Lipinski definition) is 5. The number of hydrogen-bond donors (Lipinski definition) is 1. The molecule has 4 aromatic rings. The summed E-state index contributed by atoms with van der Waals surface area (Å²) in [6.07, 6.45) is 2.52. The van der Waals surface area contributed by atoms with Crippen molar-refractivity contribution >= 4 is 34.0 Å². The Morgan fingerprint density at radius 3 is 2.29 bits per heavy atom. The zero-order chi connectivity index (χ0) is 21.5. The summed E-state index contributed by atoms with van der Waals surface area (Å²) in [5, 5.41) is 12.6. The van der Waals surface area contributed by atoms with Gasteiger partial charge in [0, 0.05) is 12.0 Å². The van der Waals surface area contributed by atoms with Crippen molar-refractivity contribution in [3.63, 3.8) is 0 Å². The van der Waals surface area contributed by atoms with Gasteiger partial charge in [-0.2, -0.15) is 0 Å². The van der Waals surface area contributed by atoms with Gasteiger partial charge in [0.1, 0.15) is 10.8 Å². The third-order valence-electron chi connectivity index (χ3n) is 4.64. The van der Waals surface area contributed by atoms with Crippen LogP contribution < -0.4 is 10.1 Å². The second kappa shape index (κ2) is 9.82. The van der Waals surface area contributed by atoms with Crippen LogP contribution in [-0.4, -0.2) is 23.2 Å². The van der Waals surface area contributed by atoms with Gasteiger partial charge in [-0.1, -0.05) is 84.1 Å². The maximum atomic E-state index is 13.1. The molecule has 0 aliphatic carbocycles. The second-order valence-corrected chi connectivity index (χ2v) is 7.88. The molecular formula is C25H21N3O2S. The molecule has 154 valence electrons. The number of aromatic nitrogens is 2. The first-order chi connectivity index (χ1) is 15.2. The van der Waals surface area contributed by atoms with Crippen LogP contribution in [-0.2, 0) is 11.2 Å². The molecule has 1 N–H and O–H groups in total. The van der Waals surface area contributed by atoms with Crippen molar-refractivity contribution in [3.05, 3.63) is 107 Å². The Balaban J connectivity index is 1.52. The predicted octanol–water partition coefficient (Wildman–Crippen LogP) is 5.32. The topological polar surface area (TPSA) is 64.1 Å². The van der Waals surface area contributed by atoms with E-state index >= 15 is 0 Å². The van der Waals surface area contributed by atoms with E-state index in [-0.39, 0.29) is 5.91 Å². The molecular weight excluding hydrogens is 406 g/mol. The van der Waals surface area contributed by atoms with E-state index in [9.17, 15) is 4.79 Å². The molecule has 0 fully saturated rings. The molecule has 0 atom stereocenters. The monoisotopic (exact) mass is 427 g/mol. The maximum Gasteiger partial charge on any atom is 0.258 e. The summed E-state index contributed by atoms with van der Waals surface area (Å²) >= 11 is 1.37. The molecule has 0 aliphatic rings. The van der Waals surface area contributed by atoms with Gasteiger partial charge in [-0.25, -0.2) is 0 Å². The number of rotatable bonds is 7. The lowest BCUT2D eigenvalue weighted by Gasteiger charge is -2.07. The summed E-state index contributed by atoms with van der Waals surface area (Å²) in [5.41, 5.74) is 3.46. The van der Waals surface area contributed by atoms with E-state index in [0.29, 0.717) is 17.1 Å². The molecule has 5 nitrogen and oxygen atoms in total. The van der Waals surface area contributed by atoms with Crippen LogP contribution in [0.3, 0.4) is 0 Å². The predicted molar refractivity (Wildman–Crippen MR) is 125 cm³/mol. The molecule has 3 aromatic carbocycles. The number of carbonyl (C=O) groups is 1. The van der Waals surface area contributed by atoms with Crippen molar-refractivity contribution in [1.82, 2.24) is 10.2 Å². The second-order valence-electron chi connectivity index (χ2n) is 6.81. The lowest BCUT2D eigenvalue weighted by Crippen LogP contribution is -2.13. The molecule has 1 heterocycles. The summed E-state index contributed by atoms with van der Waals surface area (Å²) in [7, 11) is 1.64. The normalized spacial score (nSPS) is 11.2. The minimum absolute atomic E-state index is 0.220. The highest BCUT2D eigenvalue weighted by Crippen LogP contribution is 2.24. The van der Waals surface area contributed by atoms with Gasteiger partial charge in [-0.05, 0) is 34.9 Å². The first kappa shape index (κ1) is 20.5. The van der Waals surface area contributed by atoms with Crippen LogP contribution in [0.25, 0.3) is 11.6 Å². The fraction of sp³-hybridized carbons (Fsp3) is 0.0800. The largest absolute Gasteiger partial charge is 0.497 e. The van der Waals surface area contributed by atoms with E-state index in [4.69, 9.17) is 4.74 Å². The minimum atomic E-state index is -0.220. The zero-order valence-corrected chi connectivity index (χ0v) is 17.8. The lowest BCUT2D eigenvalue weighted by molar-refractivity contribution is -0.111. The third-order valence-corrected chi connectivity index (χ3v) is 5.48. The fourth-order valence-corrected chi connectivity index (χ4v) is 3.84. The van der Waals surface area contributed by atoms with E-state index < -0.39 is 0 Å². The van der Waals surface area contributed by atoms with Crippen LogP contribution in [0, 0.1) is 0 Å². The molecule has 0 saturated heterocycles. The van der Waals surface area contributed by atoms with Gasteiger partial charge in [0.05, 0.1) is 7.11 Å². The summed E-state index contributed by atoms with van der Waals surface area (Å²) in [6, 6.07) is 27.2. The standard InChI is InChI=1S/C25H21N3O2S/c1-30-21-14-12-19(13-15-21)17-23-27-28-25(31-23)26-24(29)22(20-10-6-3-7-11-20)16-18-8-4-2-5-9-18/h2-16H,17H2,1H3,(H,26,28,29). The van der Waals surface area contributed by atoms with Gasteiger partial charge >= 0.3 is 0 Å². The number of benzene rings is 3. The fourth-order valence-electron chi connectivity index (χ4n) is 3.07. The van der Waals surface area contributed by atoms with Crippen LogP contribution in [0.15, 0.2) is 84.9 Å². The molecule has 4 rings (SSSR count). The lowest BCUT2D eigenvalue weighted by atomic mass is 10.0.